The number of hydrogen-bond donors (Lipinski definition) is 1. The summed E-state index contributed by atoms with van der Waals surface area (Å²) in [6, 6.07) is 13.4. The van der Waals surface area contributed by atoms with Crippen LogP contribution in [-0.4, -0.2) is 31.2 Å². The molecule has 2 rings (SSSR count). The Morgan fingerprint density at radius 1 is 1.10 bits per heavy atom. The van der Waals surface area contributed by atoms with Gasteiger partial charge >= 0.3 is 6.18 Å². The first-order valence-corrected chi connectivity index (χ1v) is 6.85. The lowest BCUT2D eigenvalue weighted by Crippen LogP contribution is -2.32. The molecule has 2 nitrogen and oxygen atoms in total. The first kappa shape index (κ1) is 15.8. The molecule has 0 aromatic heterocycles. The minimum atomic E-state index is -4.13. The maximum absolute atomic E-state index is 12.2. The molecule has 0 saturated heterocycles. The van der Waals surface area contributed by atoms with Gasteiger partial charge in [-0.2, -0.15) is 13.2 Å². The summed E-state index contributed by atoms with van der Waals surface area (Å²) in [5, 5.41) is 2.14. The molecule has 2 N–H and O–H groups in total. The van der Waals surface area contributed by atoms with Gasteiger partial charge in [-0.05, 0) is 23.4 Å². The fourth-order valence-electron chi connectivity index (χ4n) is 2.42. The van der Waals surface area contributed by atoms with Gasteiger partial charge in [-0.3, -0.25) is 0 Å². The molecule has 2 aromatic rings. The van der Waals surface area contributed by atoms with Crippen LogP contribution in [-0.2, 0) is 0 Å². The van der Waals surface area contributed by atoms with E-state index < -0.39 is 12.6 Å². The highest BCUT2D eigenvalue weighted by Gasteiger charge is 2.27. The van der Waals surface area contributed by atoms with Crippen molar-refractivity contribution in [3.63, 3.8) is 0 Å². The third-order valence-electron chi connectivity index (χ3n) is 3.51. The van der Waals surface area contributed by atoms with E-state index in [-0.39, 0.29) is 12.6 Å². The van der Waals surface area contributed by atoms with Gasteiger partial charge in [0.2, 0.25) is 0 Å². The van der Waals surface area contributed by atoms with E-state index in [0.29, 0.717) is 6.54 Å². The van der Waals surface area contributed by atoms with Crippen LogP contribution < -0.4 is 5.73 Å². The Bertz CT molecular complexity index is 590. The predicted molar refractivity (Wildman–Crippen MR) is 79.0 cm³/mol. The van der Waals surface area contributed by atoms with Crippen molar-refractivity contribution in [3.05, 3.63) is 48.0 Å². The number of benzene rings is 2. The number of halogens is 3. The summed E-state index contributed by atoms with van der Waals surface area (Å²) in [5.41, 5.74) is 7.14. The Balaban J connectivity index is 2.07. The molecule has 1 atom stereocenters. The molecule has 0 aliphatic carbocycles. The van der Waals surface area contributed by atoms with Gasteiger partial charge in [0, 0.05) is 19.1 Å². The SMILES string of the molecule is CN(CCC(F)(F)F)CC(N)c1cccc2ccccc12. The van der Waals surface area contributed by atoms with Gasteiger partial charge in [-0.15, -0.1) is 0 Å². The highest BCUT2D eigenvalue weighted by Crippen LogP contribution is 2.24. The second kappa shape index (κ2) is 6.45. The lowest BCUT2D eigenvalue weighted by molar-refractivity contribution is -0.137. The molecule has 114 valence electrons. The lowest BCUT2D eigenvalue weighted by atomic mass is 9.99. The van der Waals surface area contributed by atoms with Gasteiger partial charge in [0.1, 0.15) is 0 Å². The average molecular weight is 296 g/mol. The maximum atomic E-state index is 12.2. The molecule has 0 bridgehead atoms. The van der Waals surface area contributed by atoms with Gasteiger partial charge < -0.3 is 10.6 Å². The van der Waals surface area contributed by atoms with Gasteiger partial charge in [-0.25, -0.2) is 0 Å². The molecule has 0 saturated carbocycles. The third-order valence-corrected chi connectivity index (χ3v) is 3.51. The third kappa shape index (κ3) is 4.44. The Morgan fingerprint density at radius 3 is 2.48 bits per heavy atom. The topological polar surface area (TPSA) is 29.3 Å². The number of fused-ring (bicyclic) bond motifs is 1. The maximum Gasteiger partial charge on any atom is 0.390 e. The second-order valence-electron chi connectivity index (χ2n) is 5.30. The normalized spacial score (nSPS) is 13.8. The van der Waals surface area contributed by atoms with Crippen LogP contribution in [0, 0.1) is 0 Å². The minimum Gasteiger partial charge on any atom is -0.323 e. The van der Waals surface area contributed by atoms with Crippen LogP contribution in [0.1, 0.15) is 18.0 Å². The largest absolute Gasteiger partial charge is 0.390 e. The number of alkyl halides is 3. The monoisotopic (exact) mass is 296 g/mol. The van der Waals surface area contributed by atoms with Gasteiger partial charge in [0.05, 0.1) is 6.42 Å². The van der Waals surface area contributed by atoms with E-state index in [9.17, 15) is 13.2 Å². The number of nitrogens with two attached hydrogens (primary N) is 1. The van der Waals surface area contributed by atoms with E-state index in [1.54, 1.807) is 11.9 Å². The summed E-state index contributed by atoms with van der Waals surface area (Å²) in [6.45, 7) is 0.353. The van der Waals surface area contributed by atoms with Crippen molar-refractivity contribution in [2.24, 2.45) is 5.73 Å². The first-order valence-electron chi connectivity index (χ1n) is 6.85. The molecule has 0 fully saturated rings. The minimum absolute atomic E-state index is 0.0397. The molecule has 0 amide bonds. The van der Waals surface area contributed by atoms with Gasteiger partial charge in [-0.1, -0.05) is 42.5 Å². The molecule has 0 aliphatic heterocycles. The lowest BCUT2D eigenvalue weighted by Gasteiger charge is -2.23. The van der Waals surface area contributed by atoms with Crippen LogP contribution in [0.2, 0.25) is 0 Å². The van der Waals surface area contributed by atoms with E-state index in [0.717, 1.165) is 16.3 Å². The zero-order chi connectivity index (χ0) is 15.5. The number of nitrogens with zero attached hydrogens (tertiary/aromatic N) is 1. The van der Waals surface area contributed by atoms with Crippen LogP contribution >= 0.6 is 0 Å². The fourth-order valence-corrected chi connectivity index (χ4v) is 2.42. The standard InChI is InChI=1S/C16H19F3N2/c1-21(10-9-16(17,18)19)11-15(20)14-8-4-6-12-5-2-3-7-13(12)14/h2-8,15H,9-11,20H2,1H3. The summed E-state index contributed by atoms with van der Waals surface area (Å²) < 4.78 is 36.7. The van der Waals surface area contributed by atoms with Crippen molar-refractivity contribution < 1.29 is 13.2 Å². The smallest absolute Gasteiger partial charge is 0.323 e. The van der Waals surface area contributed by atoms with Crippen molar-refractivity contribution in [1.29, 1.82) is 0 Å². The van der Waals surface area contributed by atoms with E-state index in [4.69, 9.17) is 5.73 Å². The highest BCUT2D eigenvalue weighted by molar-refractivity contribution is 5.86. The Kier molecular flexibility index (Phi) is 4.85. The van der Waals surface area contributed by atoms with E-state index in [2.05, 4.69) is 0 Å². The zero-order valence-corrected chi connectivity index (χ0v) is 11.9. The molecule has 5 heteroatoms. The number of hydrogen-bond acceptors (Lipinski definition) is 2. The Hall–Kier alpha value is -1.59. The first-order chi connectivity index (χ1) is 9.87. The Morgan fingerprint density at radius 2 is 1.76 bits per heavy atom. The van der Waals surface area contributed by atoms with Crippen LogP contribution in [0.5, 0.6) is 0 Å². The Labute approximate surface area is 122 Å². The molecular weight excluding hydrogens is 277 g/mol. The van der Waals surface area contributed by atoms with Gasteiger partial charge in [0.25, 0.3) is 0 Å². The van der Waals surface area contributed by atoms with Crippen LogP contribution in [0.15, 0.2) is 42.5 Å². The molecule has 0 radical (unpaired) electrons. The van der Waals surface area contributed by atoms with Crippen molar-refractivity contribution >= 4 is 10.8 Å². The quantitative estimate of drug-likeness (QED) is 0.911. The molecule has 2 aromatic carbocycles. The van der Waals surface area contributed by atoms with Gasteiger partial charge in [0.15, 0.2) is 0 Å². The highest BCUT2D eigenvalue weighted by atomic mass is 19.4. The molecule has 0 aliphatic rings. The number of rotatable bonds is 5. The summed E-state index contributed by atoms with van der Waals surface area (Å²) in [5.74, 6) is 0. The summed E-state index contributed by atoms with van der Waals surface area (Å²) >= 11 is 0. The van der Waals surface area contributed by atoms with E-state index >= 15 is 0 Å². The van der Waals surface area contributed by atoms with Crippen molar-refractivity contribution in [2.75, 3.05) is 20.1 Å². The van der Waals surface area contributed by atoms with Crippen molar-refractivity contribution in [1.82, 2.24) is 4.90 Å². The molecule has 1 unspecified atom stereocenters. The molecule has 0 heterocycles. The predicted octanol–water partition coefficient (Wildman–Crippen LogP) is 3.72. The zero-order valence-electron chi connectivity index (χ0n) is 11.9. The summed E-state index contributed by atoms with van der Waals surface area (Å²) in [4.78, 5) is 1.62. The van der Waals surface area contributed by atoms with E-state index in [1.807, 2.05) is 42.5 Å². The molecule has 21 heavy (non-hydrogen) atoms. The molecular formula is C16H19F3N2. The van der Waals surface area contributed by atoms with Crippen molar-refractivity contribution in [2.45, 2.75) is 18.6 Å². The fraction of sp³-hybridized carbons (Fsp3) is 0.375. The van der Waals surface area contributed by atoms with Crippen LogP contribution in [0.25, 0.3) is 10.8 Å². The second-order valence-corrected chi connectivity index (χ2v) is 5.30. The van der Waals surface area contributed by atoms with Crippen LogP contribution in [0.4, 0.5) is 13.2 Å². The van der Waals surface area contributed by atoms with E-state index in [1.165, 1.54) is 0 Å². The van der Waals surface area contributed by atoms with Crippen molar-refractivity contribution in [3.8, 4) is 0 Å². The average Bonchev–Trinajstić information content (AvgIpc) is 2.43. The number of likely N-dealkylation sites (N-methyl/N-ethyl adjacent to an activating group) is 1. The summed E-state index contributed by atoms with van der Waals surface area (Å²) in [7, 11) is 1.66. The van der Waals surface area contributed by atoms with Crippen LogP contribution in [0.3, 0.4) is 0 Å². The summed E-state index contributed by atoms with van der Waals surface area (Å²) in [6.07, 6.45) is -4.94. The molecule has 0 spiro atoms.